The van der Waals surface area contributed by atoms with Crippen molar-refractivity contribution in [1.82, 2.24) is 0 Å². The fourth-order valence-corrected chi connectivity index (χ4v) is 18.6. The van der Waals surface area contributed by atoms with Gasteiger partial charge in [-0.3, -0.25) is 0 Å². The van der Waals surface area contributed by atoms with Crippen LogP contribution in [0.15, 0.2) is 167 Å². The third-order valence-electron chi connectivity index (χ3n) is 11.0. The van der Waals surface area contributed by atoms with Crippen molar-refractivity contribution in [3.05, 3.63) is 200 Å². The van der Waals surface area contributed by atoms with E-state index in [0.29, 0.717) is 3.63 Å². The Kier molecular flexibility index (Phi) is 10.3. The van der Waals surface area contributed by atoms with Crippen molar-refractivity contribution in [2.45, 2.75) is 59.6 Å². The Bertz CT molecular complexity index is 2310. The Morgan fingerprint density at radius 3 is 1.30 bits per heavy atom. The topological polar surface area (TPSA) is 0 Å². The maximum absolute atomic E-state index is 3.88. The summed E-state index contributed by atoms with van der Waals surface area (Å²) in [6.45, 7) is 14.2. The number of fused-ring (bicyclic) bond motifs is 3. The summed E-state index contributed by atoms with van der Waals surface area (Å²) in [6.07, 6.45) is 9.59. The molecule has 0 saturated heterocycles. The van der Waals surface area contributed by atoms with Crippen LogP contribution in [0, 0.1) is 0 Å². The van der Waals surface area contributed by atoms with Crippen molar-refractivity contribution in [3.63, 3.8) is 0 Å². The van der Waals surface area contributed by atoms with Gasteiger partial charge in [-0.25, -0.2) is 0 Å². The molecule has 3 heteroatoms. The van der Waals surface area contributed by atoms with Gasteiger partial charge in [0.15, 0.2) is 0 Å². The van der Waals surface area contributed by atoms with Gasteiger partial charge in [-0.1, -0.05) is 0 Å². The van der Waals surface area contributed by atoms with Crippen molar-refractivity contribution >= 4 is 35.1 Å². The monoisotopic (exact) mass is 906 g/mol. The number of hydrogen-bond donors (Lipinski definition) is 0. The fraction of sp³-hybridized carbons (Fsp3) is 0.196. The number of hydrogen-bond acceptors (Lipinski definition) is 0. The first-order chi connectivity index (χ1) is 25.9. The van der Waals surface area contributed by atoms with E-state index in [2.05, 4.69) is 231 Å². The van der Waals surface area contributed by atoms with Crippen molar-refractivity contribution < 1.29 is 21.3 Å². The number of allylic oxidation sites excluding steroid dienone is 4. The van der Waals surface area contributed by atoms with E-state index in [1.165, 1.54) is 66.8 Å². The second-order valence-electron chi connectivity index (χ2n) is 16.8. The molecule has 0 spiro atoms. The quantitative estimate of drug-likeness (QED) is 0.156. The Hall–Kier alpha value is -3.49. The zero-order chi connectivity index (χ0) is 37.8. The average molecular weight is 910 g/mol. The molecule has 54 heavy (non-hydrogen) atoms. The normalized spacial score (nSPS) is 14.0. The third kappa shape index (κ3) is 7.18. The summed E-state index contributed by atoms with van der Waals surface area (Å²) < 4.78 is 4.43. The first kappa shape index (κ1) is 37.4. The van der Waals surface area contributed by atoms with Gasteiger partial charge in [-0.2, -0.15) is 0 Å². The molecule has 0 bridgehead atoms. The van der Waals surface area contributed by atoms with Crippen LogP contribution >= 0.6 is 31.9 Å². The second kappa shape index (κ2) is 14.9. The van der Waals surface area contributed by atoms with Gasteiger partial charge in [0.05, 0.1) is 0 Å². The molecule has 8 rings (SSSR count). The van der Waals surface area contributed by atoms with E-state index in [4.69, 9.17) is 0 Å². The van der Waals surface area contributed by atoms with Crippen molar-refractivity contribution in [1.29, 1.82) is 0 Å². The first-order valence-electron chi connectivity index (χ1n) is 19.0. The molecule has 6 aromatic rings. The third-order valence-corrected chi connectivity index (χ3v) is 20.6. The van der Waals surface area contributed by atoms with Crippen LogP contribution in [-0.2, 0) is 32.1 Å². The summed E-state index contributed by atoms with van der Waals surface area (Å²) in [5.74, 6) is 0. The van der Waals surface area contributed by atoms with Gasteiger partial charge in [0, 0.05) is 0 Å². The van der Waals surface area contributed by atoms with Crippen LogP contribution in [0.4, 0.5) is 0 Å². The minimum absolute atomic E-state index is 0.0439. The zero-order valence-corrected chi connectivity index (χ0v) is 37.6. The van der Waals surface area contributed by atoms with Crippen LogP contribution in [0.5, 0.6) is 0 Å². The molecule has 0 saturated carbocycles. The van der Waals surface area contributed by atoms with Crippen molar-refractivity contribution in [2.24, 2.45) is 0 Å². The summed E-state index contributed by atoms with van der Waals surface area (Å²) in [5, 5.41) is 0. The Morgan fingerprint density at radius 1 is 0.481 bits per heavy atom. The molecule has 0 amide bonds. The summed E-state index contributed by atoms with van der Waals surface area (Å²) in [7, 11) is 0. The van der Waals surface area contributed by atoms with Gasteiger partial charge in [0.25, 0.3) is 0 Å². The Labute approximate surface area is 346 Å². The molecule has 2 aliphatic rings. The van der Waals surface area contributed by atoms with E-state index in [0.717, 1.165) is 8.95 Å². The molecule has 0 fully saturated rings. The summed E-state index contributed by atoms with van der Waals surface area (Å²) in [6, 6.07) is 50.7. The minimum atomic E-state index is -2.96. The zero-order valence-electron chi connectivity index (χ0n) is 31.9. The van der Waals surface area contributed by atoms with Crippen molar-refractivity contribution in [2.75, 3.05) is 0 Å². The number of benzene rings is 6. The maximum atomic E-state index is 3.88. The van der Waals surface area contributed by atoms with Crippen LogP contribution in [0.25, 0.3) is 33.4 Å². The van der Waals surface area contributed by atoms with Crippen LogP contribution < -0.4 is 0 Å². The van der Waals surface area contributed by atoms with E-state index in [1.807, 2.05) is 0 Å². The predicted molar refractivity (Wildman–Crippen MR) is 236 cm³/mol. The van der Waals surface area contributed by atoms with Gasteiger partial charge in [-0.05, 0) is 0 Å². The number of halogens is 2. The molecule has 0 aromatic heterocycles. The van der Waals surface area contributed by atoms with Crippen LogP contribution in [-0.4, -0.2) is 3.21 Å². The molecule has 2 aliphatic carbocycles. The molecule has 0 nitrogen and oxygen atoms in total. The summed E-state index contributed by atoms with van der Waals surface area (Å²) >= 11 is 4.80. The SMILES string of the molecule is CC(C)(C)c1cc2c(cc1-c1ccccc1)[CH]([Zr](=[C](c1cccc(Br)c1)c1cccc(Br)c1)[CH]1C=CC=C1)c1cc(-c3ccccc3)c(C(C)(C)C)cc1-2. The Morgan fingerprint density at radius 2 is 0.907 bits per heavy atom. The molecule has 0 heterocycles. The predicted octanol–water partition coefficient (Wildman–Crippen LogP) is 15.0. The Balaban J connectivity index is 1.56. The molecule has 268 valence electrons. The van der Waals surface area contributed by atoms with Gasteiger partial charge < -0.3 is 0 Å². The van der Waals surface area contributed by atoms with Gasteiger partial charge >= 0.3 is 349 Å². The standard InChI is InChI=1S/C33H33.C13H8Br2.C5H5.Zr/c1-32(2,3)30-20-26-24(18-28(30)22-13-9-7-10-14-22)17-25-19-29(23-15-11-8-12-16-23)31(21-27(25)26)33(4,5)6;14-12-5-1-3-10(8-12)7-11-4-2-6-13(15)9-11;1-2-4-5-3-1;/h7-21H,1-6H3;1-6,8-9H;1-5H;. The fourth-order valence-electron chi connectivity index (χ4n) is 8.56. The van der Waals surface area contributed by atoms with Crippen molar-refractivity contribution in [3.8, 4) is 33.4 Å². The summed E-state index contributed by atoms with van der Waals surface area (Å²) in [4.78, 5) is 0. The summed E-state index contributed by atoms with van der Waals surface area (Å²) in [5.41, 5.74) is 16.5. The molecule has 0 aliphatic heterocycles. The van der Waals surface area contributed by atoms with E-state index in [1.54, 1.807) is 3.21 Å². The van der Waals surface area contributed by atoms with Crippen LogP contribution in [0.3, 0.4) is 0 Å². The molecule has 0 N–H and O–H groups in total. The molecule has 6 aromatic carbocycles. The molecule has 0 radical (unpaired) electrons. The molecular weight excluding hydrogens is 864 g/mol. The number of rotatable bonds is 6. The van der Waals surface area contributed by atoms with Gasteiger partial charge in [-0.15, -0.1) is 0 Å². The molecule has 0 atom stereocenters. The van der Waals surface area contributed by atoms with E-state index >= 15 is 0 Å². The van der Waals surface area contributed by atoms with Crippen LogP contribution in [0.2, 0.25) is 3.63 Å². The average Bonchev–Trinajstić information content (AvgIpc) is 3.79. The van der Waals surface area contributed by atoms with E-state index in [-0.39, 0.29) is 14.5 Å². The van der Waals surface area contributed by atoms with E-state index < -0.39 is 21.3 Å². The molecule has 0 unspecified atom stereocenters. The van der Waals surface area contributed by atoms with Gasteiger partial charge in [0.2, 0.25) is 0 Å². The first-order valence-corrected chi connectivity index (χ1v) is 24.6. The van der Waals surface area contributed by atoms with Gasteiger partial charge in [0.1, 0.15) is 0 Å². The van der Waals surface area contributed by atoms with Crippen LogP contribution in [0.1, 0.15) is 78.5 Å². The molecular formula is C51H46Br2Zr. The van der Waals surface area contributed by atoms with E-state index in [9.17, 15) is 0 Å². The second-order valence-corrected chi connectivity index (χ2v) is 25.1.